The number of carbonyl (C=O) groups excluding carboxylic acids is 1. The molecule has 1 saturated carbocycles. The summed E-state index contributed by atoms with van der Waals surface area (Å²) in [5, 5.41) is 1.39. The Morgan fingerprint density at radius 1 is 1.33 bits per heavy atom. The molecule has 2 fully saturated rings. The summed E-state index contributed by atoms with van der Waals surface area (Å²) in [6.45, 7) is 1.20. The molecule has 1 aliphatic carbocycles. The van der Waals surface area contributed by atoms with E-state index in [0.29, 0.717) is 25.1 Å². The van der Waals surface area contributed by atoms with Gasteiger partial charge < -0.3 is 0 Å². The second-order valence-corrected chi connectivity index (χ2v) is 4.75. The number of halogens is 2. The van der Waals surface area contributed by atoms with Gasteiger partial charge in [0.2, 0.25) is 5.91 Å². The Balaban J connectivity index is 1.69. The Kier molecular flexibility index (Phi) is 2.78. The normalized spacial score (nSPS) is 26.4. The molecule has 5 heteroatoms. The second-order valence-electron chi connectivity index (χ2n) is 4.75. The van der Waals surface area contributed by atoms with E-state index in [1.165, 1.54) is 11.1 Å². The van der Waals surface area contributed by atoms with Crippen LogP contribution >= 0.6 is 0 Å². The Morgan fingerprint density at radius 2 is 2.17 bits per heavy atom. The maximum atomic E-state index is 13.1. The van der Waals surface area contributed by atoms with Gasteiger partial charge in [0, 0.05) is 5.92 Å². The zero-order valence-corrected chi connectivity index (χ0v) is 9.73. The van der Waals surface area contributed by atoms with Gasteiger partial charge in [-0.25, -0.2) is 13.8 Å². The van der Waals surface area contributed by atoms with E-state index < -0.39 is 11.6 Å². The SMILES string of the molecule is O=C(C1CC1c1ccc(F)c(F)c1)N1CCCO1. The molecule has 1 aliphatic heterocycles. The molecular formula is C13H13F2NO2. The van der Waals surface area contributed by atoms with Crippen molar-refractivity contribution in [2.75, 3.05) is 13.2 Å². The van der Waals surface area contributed by atoms with Crippen molar-refractivity contribution in [2.24, 2.45) is 5.92 Å². The fourth-order valence-electron chi connectivity index (χ4n) is 2.39. The van der Waals surface area contributed by atoms with Crippen LogP contribution in [0.25, 0.3) is 0 Å². The van der Waals surface area contributed by atoms with Crippen LogP contribution in [-0.4, -0.2) is 24.1 Å². The van der Waals surface area contributed by atoms with E-state index in [0.717, 1.165) is 12.5 Å². The van der Waals surface area contributed by atoms with Gasteiger partial charge in [-0.05, 0) is 36.5 Å². The van der Waals surface area contributed by atoms with Crippen LogP contribution < -0.4 is 0 Å². The third-order valence-electron chi connectivity index (χ3n) is 3.48. The molecule has 1 amide bonds. The summed E-state index contributed by atoms with van der Waals surface area (Å²) in [7, 11) is 0. The molecule has 1 aromatic carbocycles. The molecule has 96 valence electrons. The Labute approximate surface area is 103 Å². The van der Waals surface area contributed by atoms with Gasteiger partial charge >= 0.3 is 0 Å². The molecular weight excluding hydrogens is 240 g/mol. The van der Waals surface area contributed by atoms with Crippen LogP contribution in [0.4, 0.5) is 8.78 Å². The van der Waals surface area contributed by atoms with Crippen molar-refractivity contribution < 1.29 is 18.4 Å². The van der Waals surface area contributed by atoms with Crippen molar-refractivity contribution in [1.29, 1.82) is 0 Å². The topological polar surface area (TPSA) is 29.5 Å². The fraction of sp³-hybridized carbons (Fsp3) is 0.462. The maximum absolute atomic E-state index is 13.1. The Hall–Kier alpha value is -1.49. The van der Waals surface area contributed by atoms with Crippen molar-refractivity contribution >= 4 is 5.91 Å². The maximum Gasteiger partial charge on any atom is 0.249 e. The summed E-state index contributed by atoms with van der Waals surface area (Å²) < 4.78 is 25.9. The quantitative estimate of drug-likeness (QED) is 0.809. The average molecular weight is 253 g/mol. The van der Waals surface area contributed by atoms with Crippen LogP contribution in [0.15, 0.2) is 18.2 Å². The summed E-state index contributed by atoms with van der Waals surface area (Å²) >= 11 is 0. The molecule has 1 saturated heterocycles. The highest BCUT2D eigenvalue weighted by Crippen LogP contribution is 2.48. The van der Waals surface area contributed by atoms with E-state index in [-0.39, 0.29) is 17.7 Å². The van der Waals surface area contributed by atoms with Gasteiger partial charge in [0.15, 0.2) is 11.6 Å². The van der Waals surface area contributed by atoms with Crippen LogP contribution in [0, 0.1) is 17.6 Å². The third-order valence-corrected chi connectivity index (χ3v) is 3.48. The minimum absolute atomic E-state index is 0.00296. The first kappa shape index (κ1) is 11.6. The van der Waals surface area contributed by atoms with Gasteiger partial charge in [-0.15, -0.1) is 0 Å². The first-order valence-corrected chi connectivity index (χ1v) is 6.06. The molecule has 1 heterocycles. The molecule has 0 aromatic heterocycles. The molecule has 2 atom stereocenters. The zero-order valence-electron chi connectivity index (χ0n) is 9.73. The van der Waals surface area contributed by atoms with Crippen LogP contribution in [0.3, 0.4) is 0 Å². The van der Waals surface area contributed by atoms with E-state index in [9.17, 15) is 13.6 Å². The molecule has 0 N–H and O–H groups in total. The van der Waals surface area contributed by atoms with Gasteiger partial charge in [0.05, 0.1) is 13.2 Å². The number of carbonyl (C=O) groups is 1. The molecule has 3 nitrogen and oxygen atoms in total. The van der Waals surface area contributed by atoms with Crippen molar-refractivity contribution in [2.45, 2.75) is 18.8 Å². The minimum Gasteiger partial charge on any atom is -0.272 e. The van der Waals surface area contributed by atoms with E-state index >= 15 is 0 Å². The summed E-state index contributed by atoms with van der Waals surface area (Å²) in [4.78, 5) is 17.2. The highest BCUT2D eigenvalue weighted by atomic mass is 19.2. The van der Waals surface area contributed by atoms with Crippen LogP contribution in [0.1, 0.15) is 24.3 Å². The highest BCUT2D eigenvalue weighted by molar-refractivity contribution is 5.82. The van der Waals surface area contributed by atoms with Gasteiger partial charge in [-0.1, -0.05) is 6.07 Å². The van der Waals surface area contributed by atoms with Gasteiger partial charge in [0.1, 0.15) is 0 Å². The van der Waals surface area contributed by atoms with Gasteiger partial charge in [-0.2, -0.15) is 0 Å². The smallest absolute Gasteiger partial charge is 0.249 e. The number of benzene rings is 1. The first-order chi connectivity index (χ1) is 8.66. The van der Waals surface area contributed by atoms with E-state index in [4.69, 9.17) is 4.84 Å². The molecule has 18 heavy (non-hydrogen) atoms. The number of hydroxylamine groups is 2. The monoisotopic (exact) mass is 253 g/mol. The number of rotatable bonds is 2. The molecule has 1 aromatic rings. The lowest BCUT2D eigenvalue weighted by Gasteiger charge is -2.13. The largest absolute Gasteiger partial charge is 0.272 e. The predicted molar refractivity (Wildman–Crippen MR) is 59.5 cm³/mol. The van der Waals surface area contributed by atoms with Crippen molar-refractivity contribution in [1.82, 2.24) is 5.06 Å². The average Bonchev–Trinajstić information content (AvgIpc) is 2.97. The molecule has 2 aliphatic rings. The lowest BCUT2D eigenvalue weighted by atomic mass is 10.1. The van der Waals surface area contributed by atoms with E-state index in [1.54, 1.807) is 6.07 Å². The van der Waals surface area contributed by atoms with E-state index in [2.05, 4.69) is 0 Å². The highest BCUT2D eigenvalue weighted by Gasteiger charge is 2.46. The zero-order chi connectivity index (χ0) is 12.7. The predicted octanol–water partition coefficient (Wildman–Crippen LogP) is 2.23. The van der Waals surface area contributed by atoms with Gasteiger partial charge in [0.25, 0.3) is 0 Å². The summed E-state index contributed by atoms with van der Waals surface area (Å²) in [5.41, 5.74) is 0.687. The van der Waals surface area contributed by atoms with E-state index in [1.807, 2.05) is 0 Å². The number of amides is 1. The van der Waals surface area contributed by atoms with Crippen LogP contribution in [0.5, 0.6) is 0 Å². The lowest BCUT2D eigenvalue weighted by molar-refractivity contribution is -0.170. The molecule has 2 unspecified atom stereocenters. The Morgan fingerprint density at radius 3 is 2.83 bits per heavy atom. The number of hydrogen-bond acceptors (Lipinski definition) is 2. The molecule has 0 spiro atoms. The number of nitrogens with zero attached hydrogens (tertiary/aromatic N) is 1. The fourth-order valence-corrected chi connectivity index (χ4v) is 2.39. The lowest BCUT2D eigenvalue weighted by Crippen LogP contribution is -2.28. The second kappa shape index (κ2) is 4.31. The minimum atomic E-state index is -0.858. The summed E-state index contributed by atoms with van der Waals surface area (Å²) in [6.07, 6.45) is 1.54. The van der Waals surface area contributed by atoms with Crippen LogP contribution in [-0.2, 0) is 9.63 Å². The Bertz CT molecular complexity index is 486. The first-order valence-electron chi connectivity index (χ1n) is 6.06. The molecule has 0 bridgehead atoms. The molecule has 0 radical (unpaired) electrons. The van der Waals surface area contributed by atoms with Crippen LogP contribution in [0.2, 0.25) is 0 Å². The molecule has 3 rings (SSSR count). The third kappa shape index (κ3) is 1.99. The summed E-state index contributed by atoms with van der Waals surface area (Å²) in [5.74, 6) is -1.90. The van der Waals surface area contributed by atoms with Crippen molar-refractivity contribution in [3.05, 3.63) is 35.4 Å². The number of hydrogen-bond donors (Lipinski definition) is 0. The van der Waals surface area contributed by atoms with Crippen molar-refractivity contribution in [3.63, 3.8) is 0 Å². The summed E-state index contributed by atoms with van der Waals surface area (Å²) in [6, 6.07) is 3.83. The van der Waals surface area contributed by atoms with Gasteiger partial charge in [-0.3, -0.25) is 9.63 Å². The van der Waals surface area contributed by atoms with Crippen molar-refractivity contribution in [3.8, 4) is 0 Å². The standard InChI is InChI=1S/C13H13F2NO2/c14-11-3-2-8(6-12(11)15)9-7-10(9)13(17)16-4-1-5-18-16/h2-3,6,9-10H,1,4-5,7H2.